The standard InChI is InChI=1S/C17H23NO3/c1-2-7-18-8-3-4-12-13(18)9-11-5-6-14-17(21-10-20-14)15(11)16(12)19/h5-6,12-13,16,19H,2-4,7-10H2,1H3. The van der Waals surface area contributed by atoms with Gasteiger partial charge in [0.2, 0.25) is 6.79 Å². The van der Waals surface area contributed by atoms with Crippen LogP contribution in [-0.2, 0) is 6.42 Å². The Balaban J connectivity index is 1.73. The van der Waals surface area contributed by atoms with E-state index in [0.717, 1.165) is 36.4 Å². The molecular formula is C17H23NO3. The first-order chi connectivity index (χ1) is 10.3. The molecule has 0 amide bonds. The molecule has 0 radical (unpaired) electrons. The maximum absolute atomic E-state index is 10.9. The fraction of sp³-hybridized carbons (Fsp3) is 0.647. The van der Waals surface area contributed by atoms with Crippen molar-refractivity contribution in [2.24, 2.45) is 5.92 Å². The third-order valence-corrected chi connectivity index (χ3v) is 5.26. The van der Waals surface area contributed by atoms with E-state index in [1.807, 2.05) is 6.07 Å². The molecule has 2 aliphatic heterocycles. The van der Waals surface area contributed by atoms with Crippen LogP contribution in [0, 0.1) is 5.92 Å². The molecule has 0 bridgehead atoms. The number of hydrogen-bond donors (Lipinski definition) is 1. The van der Waals surface area contributed by atoms with Gasteiger partial charge in [-0.05, 0) is 50.4 Å². The van der Waals surface area contributed by atoms with E-state index in [4.69, 9.17) is 9.47 Å². The number of aliphatic hydroxyl groups is 1. The fourth-order valence-electron chi connectivity index (χ4n) is 4.35. The minimum Gasteiger partial charge on any atom is -0.454 e. The topological polar surface area (TPSA) is 41.9 Å². The zero-order valence-corrected chi connectivity index (χ0v) is 12.5. The average Bonchev–Trinajstić information content (AvgIpc) is 2.97. The van der Waals surface area contributed by atoms with Crippen LogP contribution in [0.2, 0.25) is 0 Å². The summed E-state index contributed by atoms with van der Waals surface area (Å²) in [6.07, 6.45) is 4.06. The molecule has 3 aliphatic rings. The summed E-state index contributed by atoms with van der Waals surface area (Å²) in [6.45, 7) is 4.80. The lowest BCUT2D eigenvalue weighted by molar-refractivity contribution is -0.00782. The fourth-order valence-corrected chi connectivity index (χ4v) is 4.35. The van der Waals surface area contributed by atoms with E-state index in [1.165, 1.54) is 24.9 Å². The summed E-state index contributed by atoms with van der Waals surface area (Å²) < 4.78 is 11.1. The SMILES string of the molecule is CCCN1CCCC2C(O)c3c(ccc4c3OCO4)CC21. The second-order valence-electron chi connectivity index (χ2n) is 6.43. The van der Waals surface area contributed by atoms with Gasteiger partial charge in [-0.3, -0.25) is 4.90 Å². The Morgan fingerprint density at radius 2 is 2.24 bits per heavy atom. The maximum Gasteiger partial charge on any atom is 0.231 e. The Bertz CT molecular complexity index is 543. The van der Waals surface area contributed by atoms with Crippen LogP contribution in [-0.4, -0.2) is 35.9 Å². The highest BCUT2D eigenvalue weighted by atomic mass is 16.7. The zero-order chi connectivity index (χ0) is 14.4. The van der Waals surface area contributed by atoms with Crippen LogP contribution in [0.4, 0.5) is 0 Å². The first-order valence-electron chi connectivity index (χ1n) is 8.13. The van der Waals surface area contributed by atoms with Gasteiger partial charge in [0.05, 0.1) is 6.10 Å². The number of ether oxygens (including phenoxy) is 2. The molecule has 0 aromatic heterocycles. The van der Waals surface area contributed by atoms with Crippen molar-refractivity contribution in [2.45, 2.75) is 44.8 Å². The molecule has 114 valence electrons. The van der Waals surface area contributed by atoms with Crippen LogP contribution in [0.5, 0.6) is 11.5 Å². The predicted octanol–water partition coefficient (Wildman–Crippen LogP) is 2.50. The van der Waals surface area contributed by atoms with E-state index >= 15 is 0 Å². The van der Waals surface area contributed by atoms with Gasteiger partial charge in [-0.25, -0.2) is 0 Å². The highest BCUT2D eigenvalue weighted by molar-refractivity contribution is 5.54. The summed E-state index contributed by atoms with van der Waals surface area (Å²) in [7, 11) is 0. The molecule has 3 atom stereocenters. The van der Waals surface area contributed by atoms with Crippen LogP contribution >= 0.6 is 0 Å². The minimum atomic E-state index is -0.421. The van der Waals surface area contributed by atoms with E-state index in [2.05, 4.69) is 17.9 Å². The van der Waals surface area contributed by atoms with Crippen molar-refractivity contribution in [3.8, 4) is 11.5 Å². The van der Waals surface area contributed by atoms with Gasteiger partial charge in [0, 0.05) is 17.5 Å². The van der Waals surface area contributed by atoms with Gasteiger partial charge in [-0.2, -0.15) is 0 Å². The molecule has 0 saturated carbocycles. The Morgan fingerprint density at radius 3 is 3.10 bits per heavy atom. The zero-order valence-electron chi connectivity index (χ0n) is 12.5. The van der Waals surface area contributed by atoms with Crippen LogP contribution < -0.4 is 9.47 Å². The lowest BCUT2D eigenvalue weighted by Crippen LogP contribution is -2.50. The summed E-state index contributed by atoms with van der Waals surface area (Å²) in [5.41, 5.74) is 2.22. The smallest absolute Gasteiger partial charge is 0.231 e. The van der Waals surface area contributed by atoms with Gasteiger partial charge in [0.1, 0.15) is 0 Å². The molecule has 1 aromatic rings. The Morgan fingerprint density at radius 1 is 1.33 bits per heavy atom. The largest absolute Gasteiger partial charge is 0.454 e. The minimum absolute atomic E-state index is 0.272. The molecule has 1 aliphatic carbocycles. The Hall–Kier alpha value is -1.26. The number of rotatable bonds is 2. The number of hydrogen-bond acceptors (Lipinski definition) is 4. The highest BCUT2D eigenvalue weighted by Gasteiger charge is 2.43. The van der Waals surface area contributed by atoms with Gasteiger partial charge in [-0.15, -0.1) is 0 Å². The molecule has 0 spiro atoms. The lowest BCUT2D eigenvalue weighted by atomic mass is 9.73. The van der Waals surface area contributed by atoms with Gasteiger partial charge < -0.3 is 14.6 Å². The number of aliphatic hydroxyl groups excluding tert-OH is 1. The lowest BCUT2D eigenvalue weighted by Gasteiger charge is -2.46. The monoisotopic (exact) mass is 289 g/mol. The van der Waals surface area contributed by atoms with Crippen molar-refractivity contribution in [1.82, 2.24) is 4.90 Å². The van der Waals surface area contributed by atoms with E-state index in [0.29, 0.717) is 12.0 Å². The summed E-state index contributed by atoms with van der Waals surface area (Å²) in [5, 5.41) is 10.9. The number of benzene rings is 1. The number of piperidine rings is 1. The molecule has 4 heteroatoms. The highest BCUT2D eigenvalue weighted by Crippen LogP contribution is 2.49. The van der Waals surface area contributed by atoms with E-state index in [-0.39, 0.29) is 6.79 Å². The molecule has 4 nitrogen and oxygen atoms in total. The number of likely N-dealkylation sites (tertiary alicyclic amines) is 1. The maximum atomic E-state index is 10.9. The van der Waals surface area contributed by atoms with Gasteiger partial charge in [0.15, 0.2) is 11.5 Å². The van der Waals surface area contributed by atoms with Crippen molar-refractivity contribution in [2.75, 3.05) is 19.9 Å². The molecule has 1 aromatic carbocycles. The Kier molecular flexibility index (Phi) is 3.31. The number of fused-ring (bicyclic) bond motifs is 4. The summed E-state index contributed by atoms with van der Waals surface area (Å²) in [5.74, 6) is 1.90. The van der Waals surface area contributed by atoms with Crippen molar-refractivity contribution < 1.29 is 14.6 Å². The van der Waals surface area contributed by atoms with E-state index in [9.17, 15) is 5.11 Å². The van der Waals surface area contributed by atoms with Gasteiger partial charge in [-0.1, -0.05) is 13.0 Å². The van der Waals surface area contributed by atoms with Crippen molar-refractivity contribution in [3.05, 3.63) is 23.3 Å². The molecule has 4 rings (SSSR count). The van der Waals surface area contributed by atoms with Crippen LogP contribution in [0.1, 0.15) is 43.4 Å². The molecule has 3 unspecified atom stereocenters. The van der Waals surface area contributed by atoms with Gasteiger partial charge in [0.25, 0.3) is 0 Å². The van der Waals surface area contributed by atoms with Gasteiger partial charge >= 0.3 is 0 Å². The molecular weight excluding hydrogens is 266 g/mol. The van der Waals surface area contributed by atoms with Crippen molar-refractivity contribution in [1.29, 1.82) is 0 Å². The second kappa shape index (κ2) is 5.18. The number of nitrogens with zero attached hydrogens (tertiary/aromatic N) is 1. The quantitative estimate of drug-likeness (QED) is 0.908. The first-order valence-corrected chi connectivity index (χ1v) is 8.13. The summed E-state index contributed by atoms with van der Waals surface area (Å²) in [6, 6.07) is 4.57. The summed E-state index contributed by atoms with van der Waals surface area (Å²) >= 11 is 0. The third kappa shape index (κ3) is 2.04. The second-order valence-corrected chi connectivity index (χ2v) is 6.43. The first kappa shape index (κ1) is 13.4. The average molecular weight is 289 g/mol. The molecule has 1 fully saturated rings. The van der Waals surface area contributed by atoms with Crippen LogP contribution in [0.25, 0.3) is 0 Å². The van der Waals surface area contributed by atoms with E-state index in [1.54, 1.807) is 0 Å². The molecule has 1 N–H and O–H groups in total. The van der Waals surface area contributed by atoms with E-state index < -0.39 is 6.10 Å². The molecule has 1 saturated heterocycles. The molecule has 21 heavy (non-hydrogen) atoms. The predicted molar refractivity (Wildman–Crippen MR) is 79.6 cm³/mol. The summed E-state index contributed by atoms with van der Waals surface area (Å²) in [4.78, 5) is 2.57. The third-order valence-electron chi connectivity index (χ3n) is 5.26. The molecule has 2 heterocycles. The van der Waals surface area contributed by atoms with Crippen LogP contribution in [0.3, 0.4) is 0 Å². The van der Waals surface area contributed by atoms with Crippen molar-refractivity contribution >= 4 is 0 Å². The Labute approximate surface area is 125 Å². The van der Waals surface area contributed by atoms with Crippen molar-refractivity contribution in [3.63, 3.8) is 0 Å². The van der Waals surface area contributed by atoms with Crippen LogP contribution in [0.15, 0.2) is 12.1 Å². The normalized spacial score (nSPS) is 30.9.